The van der Waals surface area contributed by atoms with Crippen LogP contribution in [0, 0.1) is 0 Å². The Morgan fingerprint density at radius 3 is 2.13 bits per heavy atom. The monoisotopic (exact) mass is 321 g/mol. The lowest BCUT2D eigenvalue weighted by atomic mass is 10.2. The molecular formula is C17H27N3O3. The number of unbranched alkanes of at least 4 members (excludes halogenated alkanes) is 2. The standard InChI is InChI=1S/C17H27N3O3/c1-17(2,3)23-16(22)20-12-6-4-5-11-19-15(21)13-7-9-14(18)10-8-13/h7-10H,4-6,11-12,18H2,1-3H3,(H,19,21)(H,20,22). The minimum Gasteiger partial charge on any atom is -0.444 e. The van der Waals surface area contributed by atoms with Gasteiger partial charge in [0.1, 0.15) is 5.60 Å². The van der Waals surface area contributed by atoms with Crippen LogP contribution in [0.2, 0.25) is 0 Å². The average Bonchev–Trinajstić information content (AvgIpc) is 2.45. The molecule has 0 radical (unpaired) electrons. The molecule has 0 aliphatic heterocycles. The smallest absolute Gasteiger partial charge is 0.407 e. The molecule has 0 saturated carbocycles. The number of rotatable bonds is 7. The first-order chi connectivity index (χ1) is 10.8. The molecule has 0 aliphatic carbocycles. The van der Waals surface area contributed by atoms with Gasteiger partial charge >= 0.3 is 6.09 Å². The van der Waals surface area contributed by atoms with E-state index in [1.807, 2.05) is 20.8 Å². The molecule has 0 heterocycles. The Morgan fingerprint density at radius 2 is 1.57 bits per heavy atom. The summed E-state index contributed by atoms with van der Waals surface area (Å²) in [4.78, 5) is 23.3. The second-order valence-corrected chi connectivity index (χ2v) is 6.37. The predicted molar refractivity (Wildman–Crippen MR) is 91.3 cm³/mol. The van der Waals surface area contributed by atoms with Crippen LogP contribution in [-0.2, 0) is 4.74 Å². The van der Waals surface area contributed by atoms with Crippen LogP contribution in [0.3, 0.4) is 0 Å². The quantitative estimate of drug-likeness (QED) is 0.531. The van der Waals surface area contributed by atoms with Gasteiger partial charge in [-0.15, -0.1) is 0 Å². The van der Waals surface area contributed by atoms with Gasteiger partial charge in [-0.1, -0.05) is 0 Å². The Balaban J connectivity index is 2.06. The molecule has 0 bridgehead atoms. The number of alkyl carbamates (subject to hydrolysis) is 1. The number of nitrogens with one attached hydrogen (secondary N) is 2. The molecule has 0 aliphatic rings. The molecule has 1 rings (SSSR count). The van der Waals surface area contributed by atoms with Crippen molar-refractivity contribution in [1.82, 2.24) is 10.6 Å². The number of hydrogen-bond acceptors (Lipinski definition) is 4. The number of nitrogen functional groups attached to an aromatic ring is 1. The van der Waals surface area contributed by atoms with E-state index in [9.17, 15) is 9.59 Å². The van der Waals surface area contributed by atoms with E-state index in [4.69, 9.17) is 10.5 Å². The topological polar surface area (TPSA) is 93.5 Å². The van der Waals surface area contributed by atoms with Crippen molar-refractivity contribution in [1.29, 1.82) is 0 Å². The van der Waals surface area contributed by atoms with Crippen molar-refractivity contribution < 1.29 is 14.3 Å². The third-order valence-electron chi connectivity index (χ3n) is 2.98. The second kappa shape index (κ2) is 9.02. The summed E-state index contributed by atoms with van der Waals surface area (Å²) < 4.78 is 5.14. The van der Waals surface area contributed by atoms with E-state index >= 15 is 0 Å². The highest BCUT2D eigenvalue weighted by molar-refractivity contribution is 5.94. The van der Waals surface area contributed by atoms with E-state index < -0.39 is 11.7 Å². The molecule has 1 aromatic rings. The molecule has 0 saturated heterocycles. The van der Waals surface area contributed by atoms with Gasteiger partial charge in [0.15, 0.2) is 0 Å². The van der Waals surface area contributed by atoms with Gasteiger partial charge in [0, 0.05) is 24.3 Å². The fourth-order valence-corrected chi connectivity index (χ4v) is 1.87. The van der Waals surface area contributed by atoms with Crippen LogP contribution in [0.1, 0.15) is 50.4 Å². The number of carbonyl (C=O) groups excluding carboxylic acids is 2. The van der Waals surface area contributed by atoms with Crippen LogP contribution < -0.4 is 16.4 Å². The summed E-state index contributed by atoms with van der Waals surface area (Å²) in [6, 6.07) is 6.82. The van der Waals surface area contributed by atoms with Crippen molar-refractivity contribution in [2.75, 3.05) is 18.8 Å². The van der Waals surface area contributed by atoms with Crippen molar-refractivity contribution in [3.8, 4) is 0 Å². The largest absolute Gasteiger partial charge is 0.444 e. The molecule has 2 amide bonds. The average molecular weight is 321 g/mol. The summed E-state index contributed by atoms with van der Waals surface area (Å²) in [6.07, 6.45) is 2.22. The number of hydrogen-bond donors (Lipinski definition) is 3. The first-order valence-corrected chi connectivity index (χ1v) is 7.88. The predicted octanol–water partition coefficient (Wildman–Crippen LogP) is 2.69. The third-order valence-corrected chi connectivity index (χ3v) is 2.98. The minimum atomic E-state index is -0.476. The van der Waals surface area contributed by atoms with E-state index in [-0.39, 0.29) is 5.91 Å². The highest BCUT2D eigenvalue weighted by Crippen LogP contribution is 2.07. The van der Waals surface area contributed by atoms with Crippen LogP contribution in [-0.4, -0.2) is 30.7 Å². The molecule has 0 unspecified atom stereocenters. The highest BCUT2D eigenvalue weighted by Gasteiger charge is 2.15. The maximum atomic E-state index is 11.8. The first-order valence-electron chi connectivity index (χ1n) is 7.88. The molecule has 0 fully saturated rings. The summed E-state index contributed by atoms with van der Waals surface area (Å²) in [6.45, 7) is 6.67. The van der Waals surface area contributed by atoms with Crippen molar-refractivity contribution in [3.05, 3.63) is 29.8 Å². The Labute approximate surface area is 137 Å². The molecule has 1 aromatic carbocycles. The minimum absolute atomic E-state index is 0.100. The summed E-state index contributed by atoms with van der Waals surface area (Å²) >= 11 is 0. The Bertz CT molecular complexity index is 507. The van der Waals surface area contributed by atoms with Gasteiger partial charge in [0.05, 0.1) is 0 Å². The number of nitrogens with two attached hydrogens (primary N) is 1. The number of amides is 2. The summed E-state index contributed by atoms with van der Waals surface area (Å²) in [5, 5.41) is 5.57. The molecule has 0 spiro atoms. The molecule has 0 aromatic heterocycles. The van der Waals surface area contributed by atoms with E-state index in [0.717, 1.165) is 19.3 Å². The fraction of sp³-hybridized carbons (Fsp3) is 0.529. The normalized spacial score (nSPS) is 10.9. The van der Waals surface area contributed by atoms with Crippen LogP contribution in [0.25, 0.3) is 0 Å². The molecule has 128 valence electrons. The summed E-state index contributed by atoms with van der Waals surface area (Å²) in [7, 11) is 0. The van der Waals surface area contributed by atoms with Crippen molar-refractivity contribution in [3.63, 3.8) is 0 Å². The number of carbonyl (C=O) groups is 2. The summed E-state index contributed by atoms with van der Waals surface area (Å²) in [5.74, 6) is -0.100. The lowest BCUT2D eigenvalue weighted by Gasteiger charge is -2.19. The molecule has 4 N–H and O–H groups in total. The van der Waals surface area contributed by atoms with Crippen LogP contribution >= 0.6 is 0 Å². The number of benzene rings is 1. The molecule has 6 nitrogen and oxygen atoms in total. The third kappa shape index (κ3) is 8.70. The van der Waals surface area contributed by atoms with E-state index in [1.165, 1.54) is 0 Å². The first kappa shape index (κ1) is 18.8. The highest BCUT2D eigenvalue weighted by atomic mass is 16.6. The van der Waals surface area contributed by atoms with Gasteiger partial charge < -0.3 is 21.1 Å². The molecule has 23 heavy (non-hydrogen) atoms. The van der Waals surface area contributed by atoms with Crippen molar-refractivity contribution >= 4 is 17.7 Å². The van der Waals surface area contributed by atoms with Gasteiger partial charge in [-0.25, -0.2) is 4.79 Å². The van der Waals surface area contributed by atoms with Gasteiger partial charge in [-0.05, 0) is 64.3 Å². The van der Waals surface area contributed by atoms with Crippen LogP contribution in [0.5, 0.6) is 0 Å². The number of ether oxygens (including phenoxy) is 1. The van der Waals surface area contributed by atoms with Gasteiger partial charge in [-0.2, -0.15) is 0 Å². The molecule has 6 heteroatoms. The van der Waals surface area contributed by atoms with Gasteiger partial charge in [0.25, 0.3) is 5.91 Å². The Morgan fingerprint density at radius 1 is 1.00 bits per heavy atom. The Kier molecular flexibility index (Phi) is 7.38. The van der Waals surface area contributed by atoms with Gasteiger partial charge in [0.2, 0.25) is 0 Å². The zero-order chi connectivity index (χ0) is 17.3. The van der Waals surface area contributed by atoms with Crippen molar-refractivity contribution in [2.45, 2.75) is 45.6 Å². The molecule has 0 atom stereocenters. The van der Waals surface area contributed by atoms with Crippen LogP contribution in [0.15, 0.2) is 24.3 Å². The fourth-order valence-electron chi connectivity index (χ4n) is 1.87. The Hall–Kier alpha value is -2.24. The zero-order valence-electron chi connectivity index (χ0n) is 14.1. The summed E-state index contributed by atoms with van der Waals surface area (Å²) in [5.41, 5.74) is 6.34. The molecular weight excluding hydrogens is 294 g/mol. The van der Waals surface area contributed by atoms with Gasteiger partial charge in [-0.3, -0.25) is 4.79 Å². The SMILES string of the molecule is CC(C)(C)OC(=O)NCCCCCNC(=O)c1ccc(N)cc1. The maximum absolute atomic E-state index is 11.8. The van der Waals surface area contributed by atoms with Crippen molar-refractivity contribution in [2.24, 2.45) is 0 Å². The maximum Gasteiger partial charge on any atom is 0.407 e. The zero-order valence-corrected chi connectivity index (χ0v) is 14.1. The van der Waals surface area contributed by atoms with E-state index in [2.05, 4.69) is 10.6 Å². The van der Waals surface area contributed by atoms with E-state index in [0.29, 0.717) is 24.3 Å². The number of anilines is 1. The van der Waals surface area contributed by atoms with E-state index in [1.54, 1.807) is 24.3 Å². The lowest BCUT2D eigenvalue weighted by Crippen LogP contribution is -2.33. The lowest BCUT2D eigenvalue weighted by molar-refractivity contribution is 0.0527. The van der Waals surface area contributed by atoms with Crippen LogP contribution in [0.4, 0.5) is 10.5 Å². The second-order valence-electron chi connectivity index (χ2n) is 6.37.